The van der Waals surface area contributed by atoms with E-state index >= 15 is 0 Å². The van der Waals surface area contributed by atoms with E-state index in [1.807, 2.05) is 30.3 Å². The second-order valence-electron chi connectivity index (χ2n) is 4.46. The van der Waals surface area contributed by atoms with E-state index in [1.165, 1.54) is 0 Å². The molecule has 1 N–H and O–H groups in total. The molecule has 0 amide bonds. The Balaban J connectivity index is 2.08. The van der Waals surface area contributed by atoms with Crippen LogP contribution in [0.5, 0.6) is 5.75 Å². The molecule has 0 bridgehead atoms. The number of carboxylic acids is 1. The predicted molar refractivity (Wildman–Crippen MR) is 79.1 cm³/mol. The number of hydrogen-bond donors (Lipinski definition) is 1. The number of carboxylic acid groups (broad SMARTS) is 1. The normalized spacial score (nSPS) is 12.2. The number of aliphatic carboxylic acids is 1. The summed E-state index contributed by atoms with van der Waals surface area (Å²) < 4.78 is 5.07. The van der Waals surface area contributed by atoms with Gasteiger partial charge in [0.25, 0.3) is 0 Å². The van der Waals surface area contributed by atoms with Crippen molar-refractivity contribution in [1.29, 1.82) is 0 Å². The third-order valence-electron chi connectivity index (χ3n) is 2.94. The highest BCUT2D eigenvalue weighted by Gasteiger charge is 2.17. The van der Waals surface area contributed by atoms with E-state index in [2.05, 4.69) is 10.2 Å². The van der Waals surface area contributed by atoms with Gasteiger partial charge in [0.05, 0.1) is 12.8 Å². The zero-order valence-corrected chi connectivity index (χ0v) is 11.6. The van der Waals surface area contributed by atoms with Crippen LogP contribution in [-0.4, -0.2) is 24.2 Å². The molecule has 5 nitrogen and oxygen atoms in total. The second kappa shape index (κ2) is 7.19. The van der Waals surface area contributed by atoms with Crippen molar-refractivity contribution >= 4 is 11.7 Å². The molecule has 21 heavy (non-hydrogen) atoms. The van der Waals surface area contributed by atoms with Gasteiger partial charge in [-0.25, -0.2) is 4.79 Å². The summed E-state index contributed by atoms with van der Waals surface area (Å²) in [5.74, 6) is -0.262. The van der Waals surface area contributed by atoms with Crippen LogP contribution in [0.1, 0.15) is 5.56 Å². The summed E-state index contributed by atoms with van der Waals surface area (Å²) in [6.07, 6.45) is 0.287. The minimum absolute atomic E-state index is 0.287. The highest BCUT2D eigenvalue weighted by Crippen LogP contribution is 2.16. The molecule has 108 valence electrons. The predicted octanol–water partition coefficient (Wildman–Crippen LogP) is 3.47. The van der Waals surface area contributed by atoms with Gasteiger partial charge < -0.3 is 9.84 Å². The molecule has 0 aliphatic carbocycles. The minimum Gasteiger partial charge on any atom is -0.497 e. The first-order valence-electron chi connectivity index (χ1n) is 6.50. The number of nitrogens with zero attached hydrogens (tertiary/aromatic N) is 2. The fraction of sp³-hybridized carbons (Fsp3) is 0.188. The number of ether oxygens (including phenoxy) is 1. The van der Waals surface area contributed by atoms with Crippen molar-refractivity contribution in [2.24, 2.45) is 10.2 Å². The van der Waals surface area contributed by atoms with Gasteiger partial charge in [0.2, 0.25) is 0 Å². The largest absolute Gasteiger partial charge is 0.497 e. The molecule has 0 saturated carbocycles. The number of rotatable bonds is 6. The minimum atomic E-state index is -0.995. The molecule has 0 aliphatic rings. The summed E-state index contributed by atoms with van der Waals surface area (Å²) in [5, 5.41) is 17.1. The SMILES string of the molecule is COc1ccc(CC(N=Nc2ccccc2)C(=O)O)cc1. The van der Waals surface area contributed by atoms with Crippen molar-refractivity contribution in [1.82, 2.24) is 0 Å². The highest BCUT2D eigenvalue weighted by atomic mass is 16.5. The van der Waals surface area contributed by atoms with Gasteiger partial charge in [0, 0.05) is 6.42 Å². The van der Waals surface area contributed by atoms with E-state index < -0.39 is 12.0 Å². The van der Waals surface area contributed by atoms with E-state index in [-0.39, 0.29) is 6.42 Å². The highest BCUT2D eigenvalue weighted by molar-refractivity contribution is 5.74. The molecule has 0 aromatic heterocycles. The Morgan fingerprint density at radius 2 is 1.81 bits per heavy atom. The smallest absolute Gasteiger partial charge is 0.330 e. The van der Waals surface area contributed by atoms with Crippen LogP contribution in [0, 0.1) is 0 Å². The third-order valence-corrected chi connectivity index (χ3v) is 2.94. The van der Waals surface area contributed by atoms with E-state index in [1.54, 1.807) is 31.4 Å². The average molecular weight is 284 g/mol. The van der Waals surface area contributed by atoms with Crippen LogP contribution < -0.4 is 4.74 Å². The fourth-order valence-electron chi connectivity index (χ4n) is 1.79. The van der Waals surface area contributed by atoms with Gasteiger partial charge in [0.1, 0.15) is 5.75 Å². The lowest BCUT2D eigenvalue weighted by molar-refractivity contribution is -0.138. The van der Waals surface area contributed by atoms with Gasteiger partial charge in [-0.15, -0.1) is 0 Å². The quantitative estimate of drug-likeness (QED) is 0.825. The summed E-state index contributed by atoms with van der Waals surface area (Å²) in [7, 11) is 1.59. The van der Waals surface area contributed by atoms with Gasteiger partial charge in [-0.05, 0) is 29.8 Å². The van der Waals surface area contributed by atoms with Crippen LogP contribution in [-0.2, 0) is 11.2 Å². The molecule has 0 fully saturated rings. The molecule has 0 spiro atoms. The van der Waals surface area contributed by atoms with Gasteiger partial charge in [-0.3, -0.25) is 0 Å². The van der Waals surface area contributed by atoms with Crippen LogP contribution in [0.3, 0.4) is 0 Å². The average Bonchev–Trinajstić information content (AvgIpc) is 2.52. The zero-order valence-electron chi connectivity index (χ0n) is 11.6. The van der Waals surface area contributed by atoms with Crippen LogP contribution in [0.15, 0.2) is 64.8 Å². The topological polar surface area (TPSA) is 71.2 Å². The van der Waals surface area contributed by atoms with Crippen molar-refractivity contribution in [2.45, 2.75) is 12.5 Å². The summed E-state index contributed by atoms with van der Waals surface area (Å²) in [5.41, 5.74) is 1.51. The van der Waals surface area contributed by atoms with E-state index in [0.717, 1.165) is 11.3 Å². The Morgan fingerprint density at radius 3 is 2.38 bits per heavy atom. The van der Waals surface area contributed by atoms with Crippen molar-refractivity contribution in [3.05, 3.63) is 60.2 Å². The van der Waals surface area contributed by atoms with E-state index in [0.29, 0.717) is 5.69 Å². The zero-order chi connectivity index (χ0) is 15.1. The fourth-order valence-corrected chi connectivity index (χ4v) is 1.79. The molecular weight excluding hydrogens is 268 g/mol. The van der Waals surface area contributed by atoms with Crippen LogP contribution in [0.25, 0.3) is 0 Å². The maximum atomic E-state index is 11.3. The van der Waals surface area contributed by atoms with Gasteiger partial charge in [-0.1, -0.05) is 30.3 Å². The van der Waals surface area contributed by atoms with Crippen molar-refractivity contribution in [2.75, 3.05) is 7.11 Å². The Hall–Kier alpha value is -2.69. The lowest BCUT2D eigenvalue weighted by Crippen LogP contribution is -2.20. The monoisotopic (exact) mass is 284 g/mol. The second-order valence-corrected chi connectivity index (χ2v) is 4.46. The molecule has 2 aromatic carbocycles. The Labute approximate surface area is 122 Å². The summed E-state index contributed by atoms with van der Waals surface area (Å²) >= 11 is 0. The van der Waals surface area contributed by atoms with E-state index in [4.69, 9.17) is 4.74 Å². The molecule has 1 unspecified atom stereocenters. The Bertz CT molecular complexity index is 609. The molecule has 1 atom stereocenters. The van der Waals surface area contributed by atoms with Crippen molar-refractivity contribution < 1.29 is 14.6 Å². The number of methoxy groups -OCH3 is 1. The van der Waals surface area contributed by atoms with E-state index in [9.17, 15) is 9.90 Å². The van der Waals surface area contributed by atoms with Crippen LogP contribution in [0.4, 0.5) is 5.69 Å². The Kier molecular flexibility index (Phi) is 5.04. The standard InChI is InChI=1S/C16H16N2O3/c1-21-14-9-7-12(8-10-14)11-15(16(19)20)18-17-13-5-3-2-4-6-13/h2-10,15H,11H2,1H3,(H,19,20). The molecule has 2 aromatic rings. The molecule has 2 rings (SSSR count). The lowest BCUT2D eigenvalue weighted by atomic mass is 10.1. The maximum absolute atomic E-state index is 11.3. The van der Waals surface area contributed by atoms with Gasteiger partial charge in [-0.2, -0.15) is 10.2 Å². The molecule has 5 heteroatoms. The van der Waals surface area contributed by atoms with Crippen molar-refractivity contribution in [3.8, 4) is 5.75 Å². The number of carbonyl (C=O) groups is 1. The number of hydrogen-bond acceptors (Lipinski definition) is 4. The molecular formula is C16H16N2O3. The number of benzene rings is 2. The summed E-state index contributed by atoms with van der Waals surface area (Å²) in [6.45, 7) is 0. The summed E-state index contributed by atoms with van der Waals surface area (Å²) in [6, 6.07) is 15.4. The van der Waals surface area contributed by atoms with Gasteiger partial charge in [0.15, 0.2) is 6.04 Å². The van der Waals surface area contributed by atoms with Crippen molar-refractivity contribution in [3.63, 3.8) is 0 Å². The number of azo groups is 1. The molecule has 0 heterocycles. The van der Waals surface area contributed by atoms with Crippen LogP contribution in [0.2, 0.25) is 0 Å². The lowest BCUT2D eigenvalue weighted by Gasteiger charge is -2.07. The first-order valence-corrected chi connectivity index (χ1v) is 6.50. The Morgan fingerprint density at radius 1 is 1.14 bits per heavy atom. The molecule has 0 radical (unpaired) electrons. The first-order chi connectivity index (χ1) is 10.2. The molecule has 0 aliphatic heterocycles. The molecule has 0 saturated heterocycles. The summed E-state index contributed by atoms with van der Waals surface area (Å²) in [4.78, 5) is 11.3. The third kappa shape index (κ3) is 4.42. The van der Waals surface area contributed by atoms with Gasteiger partial charge >= 0.3 is 5.97 Å². The maximum Gasteiger partial charge on any atom is 0.330 e. The van der Waals surface area contributed by atoms with Crippen LogP contribution >= 0.6 is 0 Å². The first kappa shape index (κ1) is 14.7.